The van der Waals surface area contributed by atoms with Crippen molar-refractivity contribution in [3.05, 3.63) is 65.7 Å². The average Bonchev–Trinajstić information content (AvgIpc) is 2.68. The van der Waals surface area contributed by atoms with E-state index in [1.54, 1.807) is 33.1 Å². The molecule has 1 atom stereocenters. The SMILES string of the molecule is CCOP(=O)(OCC)S[C@H](CC(=O)c1ccccc1)c1ccc(OC)cc1. The molecule has 0 aliphatic carbocycles. The summed E-state index contributed by atoms with van der Waals surface area (Å²) in [7, 11) is 1.60. The summed E-state index contributed by atoms with van der Waals surface area (Å²) in [5.74, 6) is 0.693. The van der Waals surface area contributed by atoms with Gasteiger partial charge in [0, 0.05) is 17.2 Å². The number of benzene rings is 2. The van der Waals surface area contributed by atoms with E-state index in [-0.39, 0.29) is 30.7 Å². The monoisotopic (exact) mass is 408 g/mol. The number of carbonyl (C=O) groups is 1. The van der Waals surface area contributed by atoms with Crippen molar-refractivity contribution in [1.82, 2.24) is 0 Å². The van der Waals surface area contributed by atoms with Gasteiger partial charge in [-0.2, -0.15) is 0 Å². The standard InChI is InChI=1S/C20H25O5PS/c1-4-24-26(22,25-5-2)27-20(17-11-13-18(23-3)14-12-17)15-19(21)16-9-7-6-8-10-16/h6-14,20H,4-5,15H2,1-3H3/t20-/m1/s1. The van der Waals surface area contributed by atoms with Crippen molar-refractivity contribution in [1.29, 1.82) is 0 Å². The molecule has 0 amide bonds. The largest absolute Gasteiger partial charge is 0.497 e. The van der Waals surface area contributed by atoms with E-state index in [0.717, 1.165) is 22.7 Å². The molecule has 0 unspecified atom stereocenters. The number of methoxy groups -OCH3 is 1. The molecule has 27 heavy (non-hydrogen) atoms. The zero-order chi connectivity index (χ0) is 19.7. The number of rotatable bonds is 11. The van der Waals surface area contributed by atoms with E-state index in [1.807, 2.05) is 42.5 Å². The topological polar surface area (TPSA) is 61.8 Å². The van der Waals surface area contributed by atoms with Crippen LogP contribution in [-0.2, 0) is 13.6 Å². The molecule has 2 aromatic carbocycles. The van der Waals surface area contributed by atoms with Crippen LogP contribution in [0, 0.1) is 0 Å². The Morgan fingerprint density at radius 3 is 2.11 bits per heavy atom. The van der Waals surface area contributed by atoms with Gasteiger partial charge in [0.15, 0.2) is 5.78 Å². The van der Waals surface area contributed by atoms with E-state index in [0.29, 0.717) is 5.56 Å². The Bertz CT molecular complexity index is 754. The molecule has 5 nitrogen and oxygen atoms in total. The Morgan fingerprint density at radius 2 is 1.59 bits per heavy atom. The van der Waals surface area contributed by atoms with Crippen molar-refractivity contribution in [3.8, 4) is 5.75 Å². The predicted octanol–water partition coefficient (Wildman–Crippen LogP) is 5.92. The van der Waals surface area contributed by atoms with E-state index in [1.165, 1.54) is 0 Å². The van der Waals surface area contributed by atoms with E-state index >= 15 is 0 Å². The van der Waals surface area contributed by atoms with Crippen LogP contribution >= 0.6 is 18.2 Å². The van der Waals surface area contributed by atoms with Crippen LogP contribution < -0.4 is 4.74 Å². The van der Waals surface area contributed by atoms with Crippen molar-refractivity contribution in [2.24, 2.45) is 0 Å². The maximum absolute atomic E-state index is 13.0. The molecule has 146 valence electrons. The molecule has 0 radical (unpaired) electrons. The van der Waals surface area contributed by atoms with Crippen molar-refractivity contribution in [3.63, 3.8) is 0 Å². The Morgan fingerprint density at radius 1 is 1.00 bits per heavy atom. The third-order valence-electron chi connectivity index (χ3n) is 3.78. The summed E-state index contributed by atoms with van der Waals surface area (Å²) in [6.45, 7) is 0.701. The molecule has 2 rings (SSSR count). The molecule has 0 saturated carbocycles. The number of hydrogen-bond acceptors (Lipinski definition) is 6. The second kappa shape index (κ2) is 10.7. The molecule has 0 N–H and O–H groups in total. The molecule has 2 aromatic rings. The molecular formula is C20H25O5PS. The third-order valence-corrected chi connectivity index (χ3v) is 8.06. The molecule has 0 fully saturated rings. The highest BCUT2D eigenvalue weighted by Crippen LogP contribution is 2.66. The first-order valence-electron chi connectivity index (χ1n) is 8.81. The fourth-order valence-electron chi connectivity index (χ4n) is 2.52. The van der Waals surface area contributed by atoms with Gasteiger partial charge >= 0.3 is 6.80 Å². The van der Waals surface area contributed by atoms with E-state index < -0.39 is 6.80 Å². The van der Waals surface area contributed by atoms with Gasteiger partial charge in [-0.05, 0) is 42.9 Å². The Kier molecular flexibility index (Phi) is 8.58. The van der Waals surface area contributed by atoms with Gasteiger partial charge in [-0.1, -0.05) is 42.5 Å². The molecule has 0 aliphatic heterocycles. The summed E-state index contributed by atoms with van der Waals surface area (Å²) >= 11 is 1.08. The first-order valence-corrected chi connectivity index (χ1v) is 11.8. The van der Waals surface area contributed by atoms with Crippen LogP contribution in [0.5, 0.6) is 5.75 Å². The van der Waals surface area contributed by atoms with Crippen molar-refractivity contribution in [2.45, 2.75) is 25.5 Å². The zero-order valence-electron chi connectivity index (χ0n) is 15.8. The van der Waals surface area contributed by atoms with Gasteiger partial charge in [0.1, 0.15) is 5.75 Å². The number of Topliss-reactive ketones (excluding diaryl/α,β-unsaturated/α-hetero) is 1. The van der Waals surface area contributed by atoms with Crippen LogP contribution in [0.1, 0.15) is 41.4 Å². The molecule has 7 heteroatoms. The fraction of sp³-hybridized carbons (Fsp3) is 0.350. The van der Waals surface area contributed by atoms with Gasteiger partial charge in [-0.3, -0.25) is 4.79 Å². The van der Waals surface area contributed by atoms with Gasteiger partial charge in [-0.25, -0.2) is 4.57 Å². The minimum absolute atomic E-state index is 0.0246. The summed E-state index contributed by atoms with van der Waals surface area (Å²) in [6, 6.07) is 16.5. The molecule has 0 heterocycles. The lowest BCUT2D eigenvalue weighted by molar-refractivity contribution is 0.0982. The summed E-state index contributed by atoms with van der Waals surface area (Å²) in [5, 5.41) is -0.368. The van der Waals surface area contributed by atoms with Crippen LogP contribution in [0.2, 0.25) is 0 Å². The molecular weight excluding hydrogens is 383 g/mol. The van der Waals surface area contributed by atoms with Crippen LogP contribution in [0.25, 0.3) is 0 Å². The number of ether oxygens (including phenoxy) is 1. The van der Waals surface area contributed by atoms with Gasteiger partial charge in [0.2, 0.25) is 0 Å². The Balaban J connectivity index is 2.29. The van der Waals surface area contributed by atoms with Crippen LogP contribution in [0.3, 0.4) is 0 Å². The van der Waals surface area contributed by atoms with Crippen LogP contribution in [0.15, 0.2) is 54.6 Å². The second-order valence-electron chi connectivity index (χ2n) is 5.64. The predicted molar refractivity (Wildman–Crippen MR) is 110 cm³/mol. The molecule has 0 aliphatic rings. The molecule has 0 spiro atoms. The van der Waals surface area contributed by atoms with Gasteiger partial charge in [-0.15, -0.1) is 0 Å². The summed E-state index contributed by atoms with van der Waals surface area (Å²) in [6.07, 6.45) is 0.186. The van der Waals surface area contributed by atoms with Crippen molar-refractivity contribution >= 4 is 24.0 Å². The summed E-state index contributed by atoms with van der Waals surface area (Å²) in [5.41, 5.74) is 1.49. The van der Waals surface area contributed by atoms with Gasteiger partial charge in [0.25, 0.3) is 0 Å². The lowest BCUT2D eigenvalue weighted by Crippen LogP contribution is -2.06. The summed E-state index contributed by atoms with van der Waals surface area (Å²) < 4.78 is 29.0. The maximum Gasteiger partial charge on any atom is 0.389 e. The average molecular weight is 408 g/mol. The lowest BCUT2D eigenvalue weighted by Gasteiger charge is -2.22. The third kappa shape index (κ3) is 6.51. The van der Waals surface area contributed by atoms with E-state index in [2.05, 4.69) is 0 Å². The number of ketones is 1. The smallest absolute Gasteiger partial charge is 0.389 e. The Labute approximate surface area is 164 Å². The first-order chi connectivity index (χ1) is 13.0. The number of carbonyl (C=O) groups excluding carboxylic acids is 1. The minimum atomic E-state index is -3.37. The first kappa shape index (κ1) is 21.7. The second-order valence-corrected chi connectivity index (χ2v) is 9.81. The lowest BCUT2D eigenvalue weighted by atomic mass is 10.0. The van der Waals surface area contributed by atoms with Crippen LogP contribution in [-0.4, -0.2) is 26.1 Å². The van der Waals surface area contributed by atoms with Crippen molar-refractivity contribution < 1.29 is 23.1 Å². The summed E-state index contributed by atoms with van der Waals surface area (Å²) in [4.78, 5) is 12.7. The molecule has 0 saturated heterocycles. The highest BCUT2D eigenvalue weighted by molar-refractivity contribution is 8.55. The quantitative estimate of drug-likeness (QED) is 0.340. The normalized spacial score (nSPS) is 12.6. The van der Waals surface area contributed by atoms with E-state index in [9.17, 15) is 9.36 Å². The highest BCUT2D eigenvalue weighted by atomic mass is 32.7. The minimum Gasteiger partial charge on any atom is -0.497 e. The Hall–Kier alpha value is -1.59. The maximum atomic E-state index is 13.0. The molecule has 0 aromatic heterocycles. The highest BCUT2D eigenvalue weighted by Gasteiger charge is 2.32. The van der Waals surface area contributed by atoms with Gasteiger partial charge < -0.3 is 13.8 Å². The van der Waals surface area contributed by atoms with Gasteiger partial charge in [0.05, 0.1) is 20.3 Å². The van der Waals surface area contributed by atoms with E-state index in [4.69, 9.17) is 13.8 Å². The fourth-order valence-corrected chi connectivity index (χ4v) is 6.68. The zero-order valence-corrected chi connectivity index (χ0v) is 17.5. The molecule has 0 bridgehead atoms. The number of hydrogen-bond donors (Lipinski definition) is 0. The van der Waals surface area contributed by atoms with Crippen molar-refractivity contribution in [2.75, 3.05) is 20.3 Å². The van der Waals surface area contributed by atoms with Crippen LogP contribution in [0.4, 0.5) is 0 Å².